The minimum atomic E-state index is 0.122. The number of imidazole rings is 2. The van der Waals surface area contributed by atoms with Crippen molar-refractivity contribution >= 4 is 5.82 Å². The van der Waals surface area contributed by atoms with Gasteiger partial charge in [0.05, 0.1) is 6.33 Å². The maximum atomic E-state index is 5.12. The fourth-order valence-corrected chi connectivity index (χ4v) is 1.74. The van der Waals surface area contributed by atoms with Crippen LogP contribution in [0.4, 0.5) is 5.82 Å². The zero-order chi connectivity index (χ0) is 12.3. The van der Waals surface area contributed by atoms with Gasteiger partial charge in [0.15, 0.2) is 0 Å². The number of anilines is 1. The molecular weight excluding hydrogens is 218 g/mol. The Balaban J connectivity index is 2.23. The molecule has 0 saturated carbocycles. The van der Waals surface area contributed by atoms with Crippen molar-refractivity contribution in [3.8, 4) is 0 Å². The second kappa shape index (κ2) is 5.01. The largest absolute Gasteiger partial charge is 0.377 e. The summed E-state index contributed by atoms with van der Waals surface area (Å²) >= 11 is 0. The fraction of sp³-hybridized carbons (Fsp3) is 0.455. The summed E-state index contributed by atoms with van der Waals surface area (Å²) < 4.78 is 9.20. The van der Waals surface area contributed by atoms with Gasteiger partial charge in [-0.05, 0) is 6.92 Å². The predicted octanol–water partition coefficient (Wildman–Crippen LogP) is 1.33. The van der Waals surface area contributed by atoms with E-state index in [-0.39, 0.29) is 6.17 Å². The molecule has 0 saturated heterocycles. The number of nitrogens with one attached hydrogen (secondary N) is 1. The van der Waals surface area contributed by atoms with Gasteiger partial charge in [-0.3, -0.25) is 0 Å². The monoisotopic (exact) mass is 235 g/mol. The topological polar surface area (TPSA) is 56.9 Å². The van der Waals surface area contributed by atoms with Crippen LogP contribution < -0.4 is 5.32 Å². The van der Waals surface area contributed by atoms with Crippen molar-refractivity contribution in [1.29, 1.82) is 0 Å². The van der Waals surface area contributed by atoms with E-state index in [1.54, 1.807) is 19.6 Å². The molecule has 2 rings (SSSR count). The predicted molar refractivity (Wildman–Crippen MR) is 64.8 cm³/mol. The van der Waals surface area contributed by atoms with Crippen LogP contribution in [0.1, 0.15) is 18.9 Å². The highest BCUT2D eigenvalue weighted by atomic mass is 16.5. The van der Waals surface area contributed by atoms with E-state index in [0.717, 1.165) is 11.6 Å². The molecule has 0 aliphatic heterocycles. The van der Waals surface area contributed by atoms with Crippen LogP contribution in [0.2, 0.25) is 0 Å². The highest BCUT2D eigenvalue weighted by molar-refractivity contribution is 5.29. The molecule has 1 unspecified atom stereocenters. The molecule has 92 valence electrons. The van der Waals surface area contributed by atoms with Crippen molar-refractivity contribution in [2.45, 2.75) is 19.7 Å². The van der Waals surface area contributed by atoms with Gasteiger partial charge in [-0.15, -0.1) is 0 Å². The highest BCUT2D eigenvalue weighted by Crippen LogP contribution is 2.14. The average molecular weight is 235 g/mol. The second-order valence-electron chi connectivity index (χ2n) is 3.77. The number of hydrogen-bond acceptors (Lipinski definition) is 4. The zero-order valence-corrected chi connectivity index (χ0v) is 10.3. The molecule has 2 aromatic rings. The van der Waals surface area contributed by atoms with Gasteiger partial charge < -0.3 is 19.2 Å². The molecule has 0 bridgehead atoms. The zero-order valence-electron chi connectivity index (χ0n) is 10.3. The Labute approximate surface area is 100 Å². The molecule has 0 aromatic carbocycles. The molecule has 2 aromatic heterocycles. The van der Waals surface area contributed by atoms with E-state index in [0.29, 0.717) is 6.61 Å². The quantitative estimate of drug-likeness (QED) is 0.849. The van der Waals surface area contributed by atoms with Crippen molar-refractivity contribution < 1.29 is 4.74 Å². The van der Waals surface area contributed by atoms with Crippen LogP contribution in [0.25, 0.3) is 0 Å². The fourth-order valence-electron chi connectivity index (χ4n) is 1.74. The van der Waals surface area contributed by atoms with Gasteiger partial charge in [0.25, 0.3) is 0 Å². The Kier molecular flexibility index (Phi) is 3.43. The summed E-state index contributed by atoms with van der Waals surface area (Å²) in [6, 6.07) is 0. The van der Waals surface area contributed by atoms with E-state index in [9.17, 15) is 0 Å². The molecular formula is C11H17N5O. The van der Waals surface area contributed by atoms with Crippen molar-refractivity contribution in [2.75, 3.05) is 19.5 Å². The molecule has 17 heavy (non-hydrogen) atoms. The van der Waals surface area contributed by atoms with Gasteiger partial charge in [0.2, 0.25) is 0 Å². The lowest BCUT2D eigenvalue weighted by atomic mass is 10.5. The molecule has 0 fully saturated rings. The smallest absolute Gasteiger partial charge is 0.143 e. The van der Waals surface area contributed by atoms with E-state index in [1.807, 2.05) is 24.0 Å². The Morgan fingerprint density at radius 3 is 2.94 bits per heavy atom. The molecule has 6 nitrogen and oxygen atoms in total. The van der Waals surface area contributed by atoms with Crippen LogP contribution in [0.5, 0.6) is 0 Å². The van der Waals surface area contributed by atoms with E-state index < -0.39 is 0 Å². The van der Waals surface area contributed by atoms with E-state index in [4.69, 9.17) is 4.74 Å². The number of methoxy groups -OCH3 is 1. The number of rotatable bonds is 5. The molecule has 0 aliphatic carbocycles. The van der Waals surface area contributed by atoms with Crippen LogP contribution in [0, 0.1) is 0 Å². The second-order valence-corrected chi connectivity index (χ2v) is 3.77. The third kappa shape index (κ3) is 2.31. The first-order valence-electron chi connectivity index (χ1n) is 5.48. The summed E-state index contributed by atoms with van der Waals surface area (Å²) in [4.78, 5) is 8.50. The summed E-state index contributed by atoms with van der Waals surface area (Å²) in [6.45, 7) is 2.59. The van der Waals surface area contributed by atoms with Crippen LogP contribution in [-0.4, -0.2) is 33.3 Å². The molecule has 0 amide bonds. The Bertz CT molecular complexity index is 476. The number of nitrogens with zero attached hydrogens (tertiary/aromatic N) is 4. The first kappa shape index (κ1) is 11.7. The lowest BCUT2D eigenvalue weighted by molar-refractivity contribution is 0.171. The first-order valence-corrected chi connectivity index (χ1v) is 5.48. The molecule has 0 radical (unpaired) electrons. The van der Waals surface area contributed by atoms with E-state index in [2.05, 4.69) is 26.8 Å². The molecule has 1 N–H and O–H groups in total. The number of aromatic nitrogens is 4. The minimum Gasteiger partial charge on any atom is -0.377 e. The summed E-state index contributed by atoms with van der Waals surface area (Å²) in [5.41, 5.74) is 0. The lowest BCUT2D eigenvalue weighted by Gasteiger charge is -2.17. The van der Waals surface area contributed by atoms with Crippen LogP contribution >= 0.6 is 0 Å². The van der Waals surface area contributed by atoms with Gasteiger partial charge in [-0.1, -0.05) is 0 Å². The average Bonchev–Trinajstić information content (AvgIpc) is 2.97. The standard InChI is InChI=1S/C11H17N5O/c1-9(15-6-10(12-2)14-8-15)16-5-4-13-11(16)7-17-3/h4-6,8-9,12H,7H2,1-3H3. The lowest BCUT2D eigenvalue weighted by Crippen LogP contribution is -2.15. The van der Waals surface area contributed by atoms with Gasteiger partial charge in [-0.2, -0.15) is 0 Å². The van der Waals surface area contributed by atoms with Crippen molar-refractivity contribution in [2.24, 2.45) is 0 Å². The van der Waals surface area contributed by atoms with Crippen molar-refractivity contribution in [3.63, 3.8) is 0 Å². The molecule has 6 heteroatoms. The van der Waals surface area contributed by atoms with Crippen molar-refractivity contribution in [3.05, 3.63) is 30.7 Å². The van der Waals surface area contributed by atoms with Gasteiger partial charge in [0, 0.05) is 32.7 Å². The van der Waals surface area contributed by atoms with Crippen LogP contribution in [0.3, 0.4) is 0 Å². The Morgan fingerprint density at radius 2 is 2.29 bits per heavy atom. The van der Waals surface area contributed by atoms with Gasteiger partial charge in [-0.25, -0.2) is 9.97 Å². The third-order valence-corrected chi connectivity index (χ3v) is 2.71. The summed E-state index contributed by atoms with van der Waals surface area (Å²) in [7, 11) is 3.52. The van der Waals surface area contributed by atoms with Gasteiger partial charge in [0.1, 0.15) is 24.4 Å². The molecule has 2 heterocycles. The molecule has 0 aliphatic rings. The normalized spacial score (nSPS) is 12.6. The number of hydrogen-bond donors (Lipinski definition) is 1. The summed E-state index contributed by atoms with van der Waals surface area (Å²) in [5, 5.41) is 3.01. The third-order valence-electron chi connectivity index (χ3n) is 2.71. The first-order chi connectivity index (χ1) is 8.26. The molecule has 0 spiro atoms. The number of ether oxygens (including phenoxy) is 1. The van der Waals surface area contributed by atoms with Crippen LogP contribution in [0.15, 0.2) is 24.9 Å². The Morgan fingerprint density at radius 1 is 1.47 bits per heavy atom. The van der Waals surface area contributed by atoms with Crippen molar-refractivity contribution in [1.82, 2.24) is 19.1 Å². The van der Waals surface area contributed by atoms with E-state index >= 15 is 0 Å². The van der Waals surface area contributed by atoms with Gasteiger partial charge >= 0.3 is 0 Å². The summed E-state index contributed by atoms with van der Waals surface area (Å²) in [5.74, 6) is 1.75. The summed E-state index contributed by atoms with van der Waals surface area (Å²) in [6.07, 6.45) is 7.60. The maximum Gasteiger partial charge on any atom is 0.143 e. The van der Waals surface area contributed by atoms with Crippen LogP contribution in [-0.2, 0) is 11.3 Å². The highest BCUT2D eigenvalue weighted by Gasteiger charge is 2.11. The Hall–Kier alpha value is -1.82. The minimum absolute atomic E-state index is 0.122. The maximum absolute atomic E-state index is 5.12. The molecule has 1 atom stereocenters. The van der Waals surface area contributed by atoms with E-state index in [1.165, 1.54) is 0 Å². The SMILES string of the molecule is CNc1cn(C(C)n2ccnc2COC)cn1.